The zero-order valence-electron chi connectivity index (χ0n) is 9.28. The van der Waals surface area contributed by atoms with Crippen LogP contribution in [0.4, 0.5) is 5.82 Å². The van der Waals surface area contributed by atoms with Gasteiger partial charge in [-0.1, -0.05) is 0 Å². The van der Waals surface area contributed by atoms with Crippen LogP contribution >= 0.6 is 15.9 Å². The van der Waals surface area contributed by atoms with Gasteiger partial charge < -0.3 is 10.7 Å². The van der Waals surface area contributed by atoms with E-state index in [1.54, 1.807) is 6.20 Å². The lowest BCUT2D eigenvalue weighted by molar-refractivity contribution is 0.811. The molecule has 1 fully saturated rings. The number of aromatic amines is 1. The van der Waals surface area contributed by atoms with Crippen molar-refractivity contribution in [2.75, 3.05) is 5.73 Å². The predicted molar refractivity (Wildman–Crippen MR) is 70.4 cm³/mol. The number of halogens is 1. The van der Waals surface area contributed by atoms with Gasteiger partial charge in [-0.25, -0.2) is 9.97 Å². The minimum absolute atomic E-state index is 0.500. The summed E-state index contributed by atoms with van der Waals surface area (Å²) in [5.74, 6) is 2.15. The van der Waals surface area contributed by atoms with Crippen molar-refractivity contribution >= 4 is 21.7 Å². The topological polar surface area (TPSA) is 67.6 Å². The Morgan fingerprint density at radius 2 is 2.18 bits per heavy atom. The number of rotatable bonds is 3. The van der Waals surface area contributed by atoms with Crippen LogP contribution in [0.5, 0.6) is 0 Å². The van der Waals surface area contributed by atoms with Crippen LogP contribution in [0.3, 0.4) is 0 Å². The number of aromatic nitrogens is 3. The van der Waals surface area contributed by atoms with E-state index in [2.05, 4.69) is 30.9 Å². The zero-order chi connectivity index (χ0) is 11.8. The number of nitrogen functional groups attached to an aromatic ring is 1. The van der Waals surface area contributed by atoms with Crippen LogP contribution in [0.1, 0.15) is 18.5 Å². The third kappa shape index (κ3) is 2.34. The molecule has 1 aliphatic rings. The first kappa shape index (κ1) is 10.8. The quantitative estimate of drug-likeness (QED) is 0.914. The summed E-state index contributed by atoms with van der Waals surface area (Å²) in [6.07, 6.45) is 7.36. The van der Waals surface area contributed by atoms with E-state index < -0.39 is 0 Å². The monoisotopic (exact) mass is 292 g/mol. The minimum atomic E-state index is 0.500. The number of hydrogen-bond acceptors (Lipinski definition) is 3. The summed E-state index contributed by atoms with van der Waals surface area (Å²) in [6.45, 7) is 0. The summed E-state index contributed by atoms with van der Waals surface area (Å²) in [4.78, 5) is 11.8. The van der Waals surface area contributed by atoms with Gasteiger partial charge in [0.05, 0.1) is 5.56 Å². The molecule has 5 heteroatoms. The Balaban J connectivity index is 1.91. The van der Waals surface area contributed by atoms with E-state index in [9.17, 15) is 0 Å². The van der Waals surface area contributed by atoms with E-state index in [4.69, 9.17) is 5.73 Å². The highest BCUT2D eigenvalue weighted by Gasteiger charge is 2.22. The van der Waals surface area contributed by atoms with Crippen LogP contribution in [-0.2, 0) is 6.42 Å². The van der Waals surface area contributed by atoms with Crippen molar-refractivity contribution in [3.05, 3.63) is 28.6 Å². The molecular weight excluding hydrogens is 280 g/mol. The molecule has 4 nitrogen and oxygen atoms in total. The second kappa shape index (κ2) is 4.14. The van der Waals surface area contributed by atoms with Crippen LogP contribution in [0.15, 0.2) is 22.9 Å². The number of imidazole rings is 1. The molecule has 0 atom stereocenters. The van der Waals surface area contributed by atoms with Crippen molar-refractivity contribution < 1.29 is 0 Å². The summed E-state index contributed by atoms with van der Waals surface area (Å²) in [5.41, 5.74) is 7.88. The maximum Gasteiger partial charge on any atom is 0.141 e. The van der Waals surface area contributed by atoms with Gasteiger partial charge in [0, 0.05) is 22.6 Å². The maximum atomic E-state index is 5.85. The SMILES string of the molecule is Nc1ncc(Br)cc1-c1ncc(CC2CC2)[nH]1. The van der Waals surface area contributed by atoms with Gasteiger partial charge in [-0.05, 0) is 47.2 Å². The molecule has 1 saturated carbocycles. The van der Waals surface area contributed by atoms with Gasteiger partial charge in [0.15, 0.2) is 0 Å². The van der Waals surface area contributed by atoms with Gasteiger partial charge in [0.25, 0.3) is 0 Å². The molecule has 0 aliphatic heterocycles. The smallest absolute Gasteiger partial charge is 0.141 e. The molecule has 17 heavy (non-hydrogen) atoms. The summed E-state index contributed by atoms with van der Waals surface area (Å²) >= 11 is 3.39. The van der Waals surface area contributed by atoms with Crippen molar-refractivity contribution in [2.45, 2.75) is 19.3 Å². The van der Waals surface area contributed by atoms with E-state index in [1.807, 2.05) is 12.3 Å². The molecule has 0 saturated heterocycles. The number of H-pyrrole nitrogens is 1. The van der Waals surface area contributed by atoms with Crippen LogP contribution in [0.2, 0.25) is 0 Å². The fourth-order valence-corrected chi connectivity index (χ4v) is 2.20. The Hall–Kier alpha value is -1.36. The number of pyridine rings is 1. The van der Waals surface area contributed by atoms with Crippen LogP contribution in [0, 0.1) is 5.92 Å². The molecule has 88 valence electrons. The minimum Gasteiger partial charge on any atom is -0.383 e. The van der Waals surface area contributed by atoms with E-state index >= 15 is 0 Å². The van der Waals surface area contributed by atoms with Crippen LogP contribution in [-0.4, -0.2) is 15.0 Å². The highest BCUT2D eigenvalue weighted by atomic mass is 79.9. The number of nitrogens with zero attached hydrogens (tertiary/aromatic N) is 2. The third-order valence-electron chi connectivity index (χ3n) is 2.97. The highest BCUT2D eigenvalue weighted by molar-refractivity contribution is 9.10. The molecule has 0 spiro atoms. The second-order valence-electron chi connectivity index (χ2n) is 4.49. The summed E-state index contributed by atoms with van der Waals surface area (Å²) in [7, 11) is 0. The first-order valence-corrected chi connectivity index (χ1v) is 6.47. The zero-order valence-corrected chi connectivity index (χ0v) is 10.9. The number of nitrogens with two attached hydrogens (primary N) is 1. The van der Waals surface area contributed by atoms with Gasteiger partial charge in [-0.15, -0.1) is 0 Å². The van der Waals surface area contributed by atoms with Gasteiger partial charge in [0.1, 0.15) is 11.6 Å². The summed E-state index contributed by atoms with van der Waals surface area (Å²) in [5, 5.41) is 0. The Bertz CT molecular complexity index is 545. The van der Waals surface area contributed by atoms with E-state index in [1.165, 1.54) is 18.5 Å². The standard InChI is InChI=1S/C12H13BrN4/c13-8-4-10(11(14)15-5-8)12-16-6-9(17-12)3-7-1-2-7/h4-7H,1-3H2,(H2,14,15)(H,16,17). The van der Waals surface area contributed by atoms with E-state index in [-0.39, 0.29) is 0 Å². The lowest BCUT2D eigenvalue weighted by atomic mass is 10.2. The largest absolute Gasteiger partial charge is 0.383 e. The average molecular weight is 293 g/mol. The van der Waals surface area contributed by atoms with Gasteiger partial charge >= 0.3 is 0 Å². The molecule has 2 aromatic heterocycles. The van der Waals surface area contributed by atoms with E-state index in [0.717, 1.165) is 28.2 Å². The van der Waals surface area contributed by atoms with Crippen molar-refractivity contribution in [2.24, 2.45) is 5.92 Å². The van der Waals surface area contributed by atoms with Crippen molar-refractivity contribution in [1.82, 2.24) is 15.0 Å². The normalized spacial score (nSPS) is 15.1. The fourth-order valence-electron chi connectivity index (χ4n) is 1.87. The Kier molecular flexibility index (Phi) is 2.63. The molecular formula is C12H13BrN4. The molecule has 0 unspecified atom stereocenters. The molecule has 2 aromatic rings. The Labute approximate surface area is 108 Å². The molecule has 0 bridgehead atoms. The first-order valence-electron chi connectivity index (χ1n) is 5.67. The Morgan fingerprint density at radius 3 is 2.94 bits per heavy atom. The molecule has 0 amide bonds. The molecule has 1 aliphatic carbocycles. The van der Waals surface area contributed by atoms with Crippen molar-refractivity contribution in [1.29, 1.82) is 0 Å². The first-order chi connectivity index (χ1) is 8.22. The highest BCUT2D eigenvalue weighted by Crippen LogP contribution is 2.33. The number of anilines is 1. The van der Waals surface area contributed by atoms with Gasteiger partial charge in [0.2, 0.25) is 0 Å². The average Bonchev–Trinajstić information content (AvgIpc) is 2.99. The summed E-state index contributed by atoms with van der Waals surface area (Å²) in [6, 6.07) is 1.93. The van der Waals surface area contributed by atoms with Crippen LogP contribution < -0.4 is 5.73 Å². The number of hydrogen-bond donors (Lipinski definition) is 2. The van der Waals surface area contributed by atoms with Gasteiger partial charge in [-0.2, -0.15) is 0 Å². The maximum absolute atomic E-state index is 5.85. The number of nitrogens with one attached hydrogen (secondary N) is 1. The fraction of sp³-hybridized carbons (Fsp3) is 0.333. The second-order valence-corrected chi connectivity index (χ2v) is 5.41. The Morgan fingerprint density at radius 1 is 1.35 bits per heavy atom. The molecule has 0 radical (unpaired) electrons. The van der Waals surface area contributed by atoms with Crippen molar-refractivity contribution in [3.8, 4) is 11.4 Å². The molecule has 3 rings (SSSR count). The van der Waals surface area contributed by atoms with Gasteiger partial charge in [-0.3, -0.25) is 0 Å². The lowest BCUT2D eigenvalue weighted by Crippen LogP contribution is -1.95. The van der Waals surface area contributed by atoms with Crippen molar-refractivity contribution in [3.63, 3.8) is 0 Å². The summed E-state index contributed by atoms with van der Waals surface area (Å²) < 4.78 is 0.904. The molecule has 2 heterocycles. The third-order valence-corrected chi connectivity index (χ3v) is 3.41. The predicted octanol–water partition coefficient (Wildman–Crippen LogP) is 2.77. The van der Waals surface area contributed by atoms with Crippen LogP contribution in [0.25, 0.3) is 11.4 Å². The molecule has 3 N–H and O–H groups in total. The molecule has 0 aromatic carbocycles. The lowest BCUT2D eigenvalue weighted by Gasteiger charge is -2.01. The van der Waals surface area contributed by atoms with E-state index in [0.29, 0.717) is 5.82 Å².